The van der Waals surface area contributed by atoms with E-state index in [0.717, 1.165) is 36.4 Å². The van der Waals surface area contributed by atoms with E-state index in [-0.39, 0.29) is 6.04 Å². The molecule has 0 radical (unpaired) electrons. The van der Waals surface area contributed by atoms with Crippen LogP contribution in [-0.2, 0) is 16.4 Å². The lowest BCUT2D eigenvalue weighted by atomic mass is 10.2. The van der Waals surface area contributed by atoms with Crippen LogP contribution in [0.2, 0.25) is 0 Å². The summed E-state index contributed by atoms with van der Waals surface area (Å²) < 4.78 is 27.5. The van der Waals surface area contributed by atoms with Crippen molar-refractivity contribution in [1.29, 1.82) is 0 Å². The van der Waals surface area contributed by atoms with Crippen LogP contribution in [0.25, 0.3) is 0 Å². The van der Waals surface area contributed by atoms with Crippen molar-refractivity contribution in [2.24, 2.45) is 0 Å². The number of sulfonamides is 1. The molecule has 2 N–H and O–H groups in total. The summed E-state index contributed by atoms with van der Waals surface area (Å²) in [6.45, 7) is 2.88. The maximum absolute atomic E-state index is 12.3. The van der Waals surface area contributed by atoms with Crippen LogP contribution in [0.3, 0.4) is 0 Å². The van der Waals surface area contributed by atoms with Crippen molar-refractivity contribution < 1.29 is 8.42 Å². The van der Waals surface area contributed by atoms with Gasteiger partial charge in [0.25, 0.3) is 0 Å². The van der Waals surface area contributed by atoms with Gasteiger partial charge in [0.1, 0.15) is 0 Å². The van der Waals surface area contributed by atoms with Crippen molar-refractivity contribution in [3.63, 3.8) is 0 Å². The molecular weight excluding hydrogens is 280 g/mol. The molecule has 6 heteroatoms. The maximum atomic E-state index is 12.3. The number of fused-ring (bicyclic) bond motifs is 1. The highest BCUT2D eigenvalue weighted by Crippen LogP contribution is 2.25. The highest BCUT2D eigenvalue weighted by atomic mass is 32.2. The van der Waals surface area contributed by atoms with E-state index in [0.29, 0.717) is 4.90 Å². The number of nitrogens with one attached hydrogen (secondary N) is 2. The Hall–Kier alpha value is -0.720. The van der Waals surface area contributed by atoms with E-state index < -0.39 is 10.0 Å². The van der Waals surface area contributed by atoms with Gasteiger partial charge in [-0.3, -0.25) is 0 Å². The second-order valence-electron chi connectivity index (χ2n) is 4.68. The molecule has 0 saturated heterocycles. The van der Waals surface area contributed by atoms with Gasteiger partial charge in [-0.25, -0.2) is 13.1 Å². The first-order valence-corrected chi connectivity index (χ1v) is 9.32. The highest BCUT2D eigenvalue weighted by Gasteiger charge is 2.21. The number of thioether (sulfide) groups is 1. The molecule has 1 atom stereocenters. The number of hydrogen-bond acceptors (Lipinski definition) is 4. The lowest BCUT2D eigenvalue weighted by molar-refractivity contribution is 0.558. The fraction of sp³-hybridized carbons (Fsp3) is 0.538. The number of rotatable bonds is 6. The molecule has 1 aromatic rings. The third-order valence-corrected chi connectivity index (χ3v) is 5.53. The number of anilines is 1. The standard InChI is InChI=1S/C13H20N2O2S2/c1-3-11(9-18-2)15-19(16,17)12-4-5-13-10(8-12)6-7-14-13/h4-5,8,11,14-15H,3,6-7,9H2,1-2H3. The molecule has 1 aliphatic heterocycles. The van der Waals surface area contributed by atoms with Gasteiger partial charge in [0.05, 0.1) is 4.90 Å². The zero-order valence-electron chi connectivity index (χ0n) is 11.3. The first-order valence-electron chi connectivity index (χ1n) is 6.45. The lowest BCUT2D eigenvalue weighted by Crippen LogP contribution is -2.36. The maximum Gasteiger partial charge on any atom is 0.240 e. The van der Waals surface area contributed by atoms with Crippen LogP contribution in [0.1, 0.15) is 18.9 Å². The van der Waals surface area contributed by atoms with Gasteiger partial charge in [-0.1, -0.05) is 6.92 Å². The van der Waals surface area contributed by atoms with E-state index in [1.54, 1.807) is 23.9 Å². The first-order chi connectivity index (χ1) is 9.06. The Bertz CT molecular complexity index is 544. The molecule has 0 spiro atoms. The summed E-state index contributed by atoms with van der Waals surface area (Å²) in [5.74, 6) is 0.794. The average Bonchev–Trinajstić information content (AvgIpc) is 2.85. The van der Waals surface area contributed by atoms with Crippen LogP contribution in [-0.4, -0.2) is 33.0 Å². The first kappa shape index (κ1) is 14.7. The van der Waals surface area contributed by atoms with Crippen molar-refractivity contribution in [1.82, 2.24) is 4.72 Å². The fourth-order valence-corrected chi connectivity index (χ4v) is 4.37. The van der Waals surface area contributed by atoms with E-state index in [2.05, 4.69) is 10.0 Å². The van der Waals surface area contributed by atoms with E-state index in [9.17, 15) is 8.42 Å². The van der Waals surface area contributed by atoms with Gasteiger partial charge in [-0.05, 0) is 42.9 Å². The molecule has 1 aromatic carbocycles. The molecule has 1 aliphatic rings. The van der Waals surface area contributed by atoms with E-state index in [4.69, 9.17) is 0 Å². The van der Waals surface area contributed by atoms with Crippen molar-refractivity contribution in [2.45, 2.75) is 30.7 Å². The molecule has 0 amide bonds. The minimum atomic E-state index is -3.41. The van der Waals surface area contributed by atoms with Gasteiger partial charge in [0, 0.05) is 24.0 Å². The molecule has 0 saturated carbocycles. The van der Waals surface area contributed by atoms with Crippen LogP contribution in [0, 0.1) is 0 Å². The molecule has 1 unspecified atom stereocenters. The normalized spacial score (nSPS) is 15.9. The Morgan fingerprint density at radius 3 is 2.95 bits per heavy atom. The van der Waals surface area contributed by atoms with Crippen molar-refractivity contribution >= 4 is 27.5 Å². The Labute approximate surface area is 119 Å². The van der Waals surface area contributed by atoms with Crippen molar-refractivity contribution in [3.05, 3.63) is 23.8 Å². The lowest BCUT2D eigenvalue weighted by Gasteiger charge is -2.16. The van der Waals surface area contributed by atoms with Gasteiger partial charge in [0.15, 0.2) is 0 Å². The van der Waals surface area contributed by atoms with Crippen LogP contribution in [0.15, 0.2) is 23.1 Å². The summed E-state index contributed by atoms with van der Waals surface area (Å²) in [5, 5.41) is 3.23. The minimum absolute atomic E-state index is 0.00798. The summed E-state index contributed by atoms with van der Waals surface area (Å²) in [6.07, 6.45) is 3.67. The topological polar surface area (TPSA) is 58.2 Å². The minimum Gasteiger partial charge on any atom is -0.384 e. The second-order valence-corrected chi connectivity index (χ2v) is 7.30. The third-order valence-electron chi connectivity index (χ3n) is 3.28. The number of benzene rings is 1. The predicted octanol–water partition coefficient (Wildman–Crippen LogP) is 2.07. The van der Waals surface area contributed by atoms with Gasteiger partial charge in [-0.2, -0.15) is 11.8 Å². The van der Waals surface area contributed by atoms with E-state index in [1.165, 1.54) is 0 Å². The predicted molar refractivity (Wildman–Crippen MR) is 81.4 cm³/mol. The van der Waals surface area contributed by atoms with Gasteiger partial charge in [-0.15, -0.1) is 0 Å². The molecule has 106 valence electrons. The van der Waals surface area contributed by atoms with Crippen LogP contribution in [0.4, 0.5) is 5.69 Å². The Morgan fingerprint density at radius 1 is 1.47 bits per heavy atom. The molecule has 4 nitrogen and oxygen atoms in total. The molecule has 0 fully saturated rings. The van der Waals surface area contributed by atoms with Crippen molar-refractivity contribution in [3.8, 4) is 0 Å². The van der Waals surface area contributed by atoms with Crippen LogP contribution < -0.4 is 10.0 Å². The van der Waals surface area contributed by atoms with Crippen molar-refractivity contribution in [2.75, 3.05) is 23.9 Å². The largest absolute Gasteiger partial charge is 0.384 e. The average molecular weight is 300 g/mol. The monoisotopic (exact) mass is 300 g/mol. The van der Waals surface area contributed by atoms with Gasteiger partial charge >= 0.3 is 0 Å². The Kier molecular flexibility index (Phi) is 4.76. The molecule has 0 aliphatic carbocycles. The molecule has 0 bridgehead atoms. The quantitative estimate of drug-likeness (QED) is 0.844. The van der Waals surface area contributed by atoms with E-state index in [1.807, 2.05) is 19.2 Å². The highest BCUT2D eigenvalue weighted by molar-refractivity contribution is 7.98. The molecule has 19 heavy (non-hydrogen) atoms. The Balaban J connectivity index is 2.19. The van der Waals surface area contributed by atoms with Gasteiger partial charge in [0.2, 0.25) is 10.0 Å². The summed E-state index contributed by atoms with van der Waals surface area (Å²) >= 11 is 1.65. The third kappa shape index (κ3) is 3.43. The summed E-state index contributed by atoms with van der Waals surface area (Å²) in [4.78, 5) is 0.370. The molecule has 2 rings (SSSR count). The molecular formula is C13H20N2O2S2. The van der Waals surface area contributed by atoms with E-state index >= 15 is 0 Å². The second kappa shape index (κ2) is 6.15. The number of hydrogen-bond donors (Lipinski definition) is 2. The van der Waals surface area contributed by atoms with Crippen LogP contribution >= 0.6 is 11.8 Å². The Morgan fingerprint density at radius 2 is 2.26 bits per heavy atom. The zero-order chi connectivity index (χ0) is 13.9. The fourth-order valence-electron chi connectivity index (χ4n) is 2.17. The molecule has 1 heterocycles. The van der Waals surface area contributed by atoms with Crippen LogP contribution in [0.5, 0.6) is 0 Å². The summed E-state index contributed by atoms with van der Waals surface area (Å²) in [5.41, 5.74) is 2.14. The zero-order valence-corrected chi connectivity index (χ0v) is 12.9. The van der Waals surface area contributed by atoms with Gasteiger partial charge < -0.3 is 5.32 Å². The molecule has 0 aromatic heterocycles. The summed E-state index contributed by atoms with van der Waals surface area (Å²) in [6, 6.07) is 5.30. The smallest absolute Gasteiger partial charge is 0.240 e. The SMILES string of the molecule is CCC(CSC)NS(=O)(=O)c1ccc2c(c1)CCN2. The summed E-state index contributed by atoms with van der Waals surface area (Å²) in [7, 11) is -3.41.